The van der Waals surface area contributed by atoms with E-state index in [1.54, 1.807) is 26.4 Å². The molecule has 6 heteroatoms. The van der Waals surface area contributed by atoms with Gasteiger partial charge in [-0.15, -0.1) is 0 Å². The molecule has 0 bridgehead atoms. The summed E-state index contributed by atoms with van der Waals surface area (Å²) >= 11 is 0. The van der Waals surface area contributed by atoms with Crippen molar-refractivity contribution in [3.63, 3.8) is 0 Å². The smallest absolute Gasteiger partial charge is 0.203 e. The molecule has 0 aliphatic heterocycles. The Bertz CT molecular complexity index is 471. The van der Waals surface area contributed by atoms with Crippen LogP contribution in [0.15, 0.2) is 12.1 Å². The molecule has 0 aliphatic carbocycles. The highest BCUT2D eigenvalue weighted by Crippen LogP contribution is 2.41. The summed E-state index contributed by atoms with van der Waals surface area (Å²) in [5, 5.41) is 12.4. The molecule has 110 valence electrons. The summed E-state index contributed by atoms with van der Waals surface area (Å²) in [6.45, 7) is 1.08. The number of rotatable bonds is 8. The summed E-state index contributed by atoms with van der Waals surface area (Å²) in [4.78, 5) is 0. The van der Waals surface area contributed by atoms with Gasteiger partial charge in [0.2, 0.25) is 5.75 Å². The quantitative estimate of drug-likeness (QED) is 0.728. The molecule has 1 aromatic carbocycles. The SMILES string of the molecule is COCCNC(C#N)c1ccc(OC)c(OC)c1OC. The maximum absolute atomic E-state index is 9.31. The average molecular weight is 280 g/mol. The average Bonchev–Trinajstić information content (AvgIpc) is 2.50. The number of hydrogen-bond acceptors (Lipinski definition) is 6. The lowest BCUT2D eigenvalue weighted by Crippen LogP contribution is -2.24. The first kappa shape index (κ1) is 16.1. The molecule has 0 aliphatic rings. The number of ether oxygens (including phenoxy) is 4. The van der Waals surface area contributed by atoms with Gasteiger partial charge in [-0.1, -0.05) is 0 Å². The zero-order chi connectivity index (χ0) is 15.0. The van der Waals surface area contributed by atoms with E-state index in [1.807, 2.05) is 0 Å². The molecular formula is C14H20N2O4. The fourth-order valence-corrected chi connectivity index (χ4v) is 1.88. The van der Waals surface area contributed by atoms with E-state index >= 15 is 0 Å². The molecular weight excluding hydrogens is 260 g/mol. The van der Waals surface area contributed by atoms with E-state index in [1.165, 1.54) is 14.2 Å². The van der Waals surface area contributed by atoms with Crippen LogP contribution in [-0.4, -0.2) is 41.6 Å². The van der Waals surface area contributed by atoms with Crippen LogP contribution < -0.4 is 19.5 Å². The van der Waals surface area contributed by atoms with E-state index in [0.29, 0.717) is 36.0 Å². The molecule has 0 saturated carbocycles. The van der Waals surface area contributed by atoms with Gasteiger partial charge in [0, 0.05) is 19.2 Å². The summed E-state index contributed by atoms with van der Waals surface area (Å²) in [5.41, 5.74) is 0.698. The third kappa shape index (κ3) is 3.53. The monoisotopic (exact) mass is 280 g/mol. The Labute approximate surface area is 119 Å². The van der Waals surface area contributed by atoms with E-state index in [0.717, 1.165) is 0 Å². The van der Waals surface area contributed by atoms with Crippen molar-refractivity contribution in [3.05, 3.63) is 17.7 Å². The second-order valence-corrected chi connectivity index (χ2v) is 3.93. The number of nitrogens with one attached hydrogen (secondary N) is 1. The van der Waals surface area contributed by atoms with Gasteiger partial charge < -0.3 is 18.9 Å². The summed E-state index contributed by atoms with van der Waals surface area (Å²) in [7, 11) is 6.23. The van der Waals surface area contributed by atoms with Crippen LogP contribution >= 0.6 is 0 Å². The minimum atomic E-state index is -0.514. The summed E-state index contributed by atoms with van der Waals surface area (Å²) < 4.78 is 20.9. The van der Waals surface area contributed by atoms with Gasteiger partial charge in [-0.2, -0.15) is 5.26 Å². The molecule has 0 amide bonds. The lowest BCUT2D eigenvalue weighted by Gasteiger charge is -2.19. The van der Waals surface area contributed by atoms with Crippen molar-refractivity contribution in [1.82, 2.24) is 5.32 Å². The van der Waals surface area contributed by atoms with E-state index < -0.39 is 6.04 Å². The Morgan fingerprint density at radius 3 is 2.30 bits per heavy atom. The topological polar surface area (TPSA) is 72.7 Å². The fourth-order valence-electron chi connectivity index (χ4n) is 1.88. The van der Waals surface area contributed by atoms with Gasteiger partial charge >= 0.3 is 0 Å². The van der Waals surface area contributed by atoms with Gasteiger partial charge in [-0.25, -0.2) is 0 Å². The summed E-state index contributed by atoms with van der Waals surface area (Å²) in [5.74, 6) is 1.52. The van der Waals surface area contributed by atoms with Crippen LogP contribution in [0, 0.1) is 11.3 Å². The third-order valence-corrected chi connectivity index (χ3v) is 2.83. The molecule has 0 aromatic heterocycles. The molecule has 0 spiro atoms. The Hall–Kier alpha value is -1.97. The fraction of sp³-hybridized carbons (Fsp3) is 0.500. The molecule has 1 aromatic rings. The van der Waals surface area contributed by atoms with Crippen LogP contribution in [-0.2, 0) is 4.74 Å². The van der Waals surface area contributed by atoms with Crippen LogP contribution in [0.1, 0.15) is 11.6 Å². The number of nitrogens with zero attached hydrogens (tertiary/aromatic N) is 1. The summed E-state index contributed by atoms with van der Waals surface area (Å²) in [6.07, 6.45) is 0. The molecule has 0 fully saturated rings. The van der Waals surface area contributed by atoms with Crippen LogP contribution in [0.25, 0.3) is 0 Å². The standard InChI is InChI=1S/C14H20N2O4/c1-17-8-7-16-11(9-15)10-5-6-12(18-2)14(20-4)13(10)19-3/h5-6,11,16H,7-8H2,1-4H3. The van der Waals surface area contributed by atoms with Crippen LogP contribution in [0.2, 0.25) is 0 Å². The molecule has 20 heavy (non-hydrogen) atoms. The van der Waals surface area contributed by atoms with Gasteiger partial charge in [-0.05, 0) is 12.1 Å². The lowest BCUT2D eigenvalue weighted by molar-refractivity contribution is 0.197. The largest absolute Gasteiger partial charge is 0.493 e. The molecule has 6 nitrogen and oxygen atoms in total. The maximum Gasteiger partial charge on any atom is 0.203 e. The van der Waals surface area contributed by atoms with E-state index in [9.17, 15) is 5.26 Å². The number of benzene rings is 1. The predicted molar refractivity (Wildman–Crippen MR) is 74.3 cm³/mol. The number of methoxy groups -OCH3 is 4. The van der Waals surface area contributed by atoms with Gasteiger partial charge in [0.15, 0.2) is 11.5 Å². The highest BCUT2D eigenvalue weighted by Gasteiger charge is 2.21. The first-order valence-electron chi connectivity index (χ1n) is 6.14. The highest BCUT2D eigenvalue weighted by atomic mass is 16.5. The minimum absolute atomic E-state index is 0.473. The third-order valence-electron chi connectivity index (χ3n) is 2.83. The molecule has 0 heterocycles. The van der Waals surface area contributed by atoms with Crippen molar-refractivity contribution in [3.8, 4) is 23.3 Å². The van der Waals surface area contributed by atoms with Crippen molar-refractivity contribution in [1.29, 1.82) is 5.26 Å². The highest BCUT2D eigenvalue weighted by molar-refractivity contribution is 5.57. The maximum atomic E-state index is 9.31. The Morgan fingerprint density at radius 2 is 1.80 bits per heavy atom. The van der Waals surface area contributed by atoms with Crippen LogP contribution in [0.5, 0.6) is 17.2 Å². The van der Waals surface area contributed by atoms with Crippen molar-refractivity contribution in [2.75, 3.05) is 41.6 Å². The normalized spacial score (nSPS) is 11.6. The van der Waals surface area contributed by atoms with Gasteiger partial charge in [-0.3, -0.25) is 5.32 Å². The molecule has 1 atom stereocenters. The van der Waals surface area contributed by atoms with Gasteiger partial charge in [0.25, 0.3) is 0 Å². The molecule has 1 rings (SSSR count). The Balaban J connectivity index is 3.12. The van der Waals surface area contributed by atoms with E-state index in [-0.39, 0.29) is 0 Å². The Kier molecular flexibility index (Phi) is 6.64. The number of hydrogen-bond donors (Lipinski definition) is 1. The molecule has 0 saturated heterocycles. The van der Waals surface area contributed by atoms with Crippen LogP contribution in [0.4, 0.5) is 0 Å². The second kappa shape index (κ2) is 8.25. The van der Waals surface area contributed by atoms with E-state index in [4.69, 9.17) is 18.9 Å². The first-order valence-corrected chi connectivity index (χ1v) is 6.14. The minimum Gasteiger partial charge on any atom is -0.493 e. The predicted octanol–water partition coefficient (Wildman–Crippen LogP) is 1.51. The van der Waals surface area contributed by atoms with Crippen molar-refractivity contribution in [2.45, 2.75) is 6.04 Å². The molecule has 0 radical (unpaired) electrons. The Morgan fingerprint density at radius 1 is 1.10 bits per heavy atom. The zero-order valence-corrected chi connectivity index (χ0v) is 12.2. The second-order valence-electron chi connectivity index (χ2n) is 3.93. The zero-order valence-electron chi connectivity index (χ0n) is 12.2. The van der Waals surface area contributed by atoms with Crippen LogP contribution in [0.3, 0.4) is 0 Å². The molecule has 1 unspecified atom stereocenters. The first-order chi connectivity index (χ1) is 9.73. The van der Waals surface area contributed by atoms with Crippen molar-refractivity contribution < 1.29 is 18.9 Å². The van der Waals surface area contributed by atoms with Crippen molar-refractivity contribution >= 4 is 0 Å². The summed E-state index contributed by atoms with van der Waals surface area (Å²) in [6, 6.07) is 5.22. The molecule has 1 N–H and O–H groups in total. The lowest BCUT2D eigenvalue weighted by atomic mass is 10.1. The van der Waals surface area contributed by atoms with Gasteiger partial charge in [0.1, 0.15) is 6.04 Å². The van der Waals surface area contributed by atoms with Crippen molar-refractivity contribution in [2.24, 2.45) is 0 Å². The number of nitriles is 1. The van der Waals surface area contributed by atoms with E-state index in [2.05, 4.69) is 11.4 Å². The van der Waals surface area contributed by atoms with Gasteiger partial charge in [0.05, 0.1) is 34.0 Å².